The van der Waals surface area contributed by atoms with Crippen molar-refractivity contribution in [2.45, 2.75) is 32.0 Å². The van der Waals surface area contributed by atoms with Crippen molar-refractivity contribution in [2.75, 3.05) is 0 Å². The summed E-state index contributed by atoms with van der Waals surface area (Å²) < 4.78 is 1.81. The number of hydrogen-bond acceptors (Lipinski definition) is 7. The highest BCUT2D eigenvalue weighted by Gasteiger charge is 2.32. The zero-order valence-corrected chi connectivity index (χ0v) is 20.6. The lowest BCUT2D eigenvalue weighted by Crippen LogP contribution is -2.39. The Balaban J connectivity index is 1.47. The van der Waals surface area contributed by atoms with E-state index in [1.165, 1.54) is 17.8 Å². The first-order valence-corrected chi connectivity index (χ1v) is 12.7. The molecule has 2 heterocycles. The molecule has 0 spiro atoms. The van der Waals surface area contributed by atoms with Gasteiger partial charge in [0, 0.05) is 22.2 Å². The minimum Gasteiger partial charge on any atom is -0.508 e. The second-order valence-electron chi connectivity index (χ2n) is 8.78. The maximum Gasteiger partial charge on any atom is 0.245 e. The highest BCUT2D eigenvalue weighted by atomic mass is 32.2. The van der Waals surface area contributed by atoms with Crippen LogP contribution < -0.4 is 15.9 Å². The average Bonchev–Trinajstić information content (AvgIpc) is 3.33. The van der Waals surface area contributed by atoms with E-state index in [1.807, 2.05) is 52.6 Å². The van der Waals surface area contributed by atoms with Crippen LogP contribution in [-0.2, 0) is 17.9 Å². The number of aromatic hydroxyl groups is 1. The van der Waals surface area contributed by atoms with Gasteiger partial charge in [-0.25, -0.2) is 0 Å². The van der Waals surface area contributed by atoms with E-state index in [1.54, 1.807) is 12.1 Å². The molecule has 1 aromatic heterocycles. The third kappa shape index (κ3) is 4.69. The normalized spacial score (nSPS) is 16.8. The number of nitrogens with zero attached hydrogens (tertiary/aromatic N) is 3. The summed E-state index contributed by atoms with van der Waals surface area (Å²) in [7, 11) is 0. The first-order valence-electron chi connectivity index (χ1n) is 11.8. The lowest BCUT2D eigenvalue weighted by atomic mass is 10.00. The highest BCUT2D eigenvalue weighted by molar-refractivity contribution is 8.10. The fourth-order valence-electron chi connectivity index (χ4n) is 4.51. The molecule has 1 amide bonds. The second kappa shape index (κ2) is 10.5. The third-order valence-corrected chi connectivity index (χ3v) is 7.42. The minimum atomic E-state index is -1.58. The van der Waals surface area contributed by atoms with Crippen molar-refractivity contribution in [3.8, 4) is 11.8 Å². The fourth-order valence-corrected chi connectivity index (χ4v) is 5.45. The summed E-state index contributed by atoms with van der Waals surface area (Å²) in [6.07, 6.45) is 15.8. The summed E-state index contributed by atoms with van der Waals surface area (Å²) in [5.41, 5.74) is 2.09. The van der Waals surface area contributed by atoms with E-state index >= 15 is 0 Å². The van der Waals surface area contributed by atoms with E-state index in [4.69, 9.17) is 0 Å². The number of fused-ring (bicyclic) bond motifs is 2. The number of ketones is 1. The van der Waals surface area contributed by atoms with Crippen LogP contribution in [0.2, 0.25) is 0 Å². The van der Waals surface area contributed by atoms with Crippen molar-refractivity contribution >= 4 is 34.4 Å². The van der Waals surface area contributed by atoms with Crippen molar-refractivity contribution < 1.29 is 19.8 Å². The smallest absolute Gasteiger partial charge is 0.245 e. The molecular weight excluding hydrogens is 488 g/mol. The molecule has 5 rings (SSSR count). The molecule has 3 aliphatic rings. The van der Waals surface area contributed by atoms with Gasteiger partial charge < -0.3 is 15.5 Å². The molecular formula is C28H24N4O4S. The van der Waals surface area contributed by atoms with Gasteiger partial charge in [-0.3, -0.25) is 14.3 Å². The molecule has 1 aliphatic heterocycles. The van der Waals surface area contributed by atoms with Crippen LogP contribution in [0.3, 0.4) is 0 Å². The van der Waals surface area contributed by atoms with Gasteiger partial charge in [-0.1, -0.05) is 60.4 Å². The Labute approximate surface area is 217 Å². The van der Waals surface area contributed by atoms with E-state index in [0.717, 1.165) is 22.2 Å². The Hall–Kier alpha value is -4.13. The Kier molecular flexibility index (Phi) is 6.95. The van der Waals surface area contributed by atoms with Crippen LogP contribution in [0, 0.1) is 17.2 Å². The van der Waals surface area contributed by atoms with Gasteiger partial charge in [0.2, 0.25) is 11.7 Å². The van der Waals surface area contributed by atoms with Gasteiger partial charge in [0.1, 0.15) is 11.4 Å². The van der Waals surface area contributed by atoms with Crippen molar-refractivity contribution in [2.24, 2.45) is 5.92 Å². The molecule has 1 atom stereocenters. The number of phenols is 1. The molecule has 8 nitrogen and oxygen atoms in total. The van der Waals surface area contributed by atoms with Crippen molar-refractivity contribution in [3.63, 3.8) is 0 Å². The van der Waals surface area contributed by atoms with Crippen LogP contribution in [-0.4, -0.2) is 31.7 Å². The lowest BCUT2D eigenvalue weighted by molar-refractivity contribution is -0.122. The molecule has 0 saturated heterocycles. The standard InChI is InChI=1S/C28H24N4O4S/c29-13-21(28(36)30-14-17-10-11-18(15-33)23(34)12-17)27(35)25-22-16-37-24-9-5-4-8-20(24)26(22)32(31-25)19-6-2-1-3-7-19/h2-7,9-12,16,19,21,33-34H,1,8,14-15H2,(H,30,36). The molecule has 186 valence electrons. The van der Waals surface area contributed by atoms with Crippen LogP contribution in [0.15, 0.2) is 65.6 Å². The molecule has 1 aromatic carbocycles. The van der Waals surface area contributed by atoms with Crippen LogP contribution >= 0.6 is 11.8 Å². The van der Waals surface area contributed by atoms with Crippen LogP contribution in [0.4, 0.5) is 0 Å². The summed E-state index contributed by atoms with van der Waals surface area (Å²) in [5.74, 6) is -3.08. The van der Waals surface area contributed by atoms with Gasteiger partial charge in [-0.15, -0.1) is 0 Å². The summed E-state index contributed by atoms with van der Waals surface area (Å²) in [5, 5.41) is 39.5. The average molecular weight is 513 g/mol. The number of benzene rings is 1. The Bertz CT molecular complexity index is 1560. The van der Waals surface area contributed by atoms with Crippen molar-refractivity contribution in [1.82, 2.24) is 15.1 Å². The van der Waals surface area contributed by atoms with Crippen molar-refractivity contribution in [3.05, 3.63) is 93.0 Å². The number of rotatable bonds is 7. The van der Waals surface area contributed by atoms with E-state index in [-0.39, 0.29) is 30.6 Å². The Morgan fingerprint density at radius 1 is 1.27 bits per heavy atom. The predicted molar refractivity (Wildman–Crippen MR) is 140 cm³/mol. The number of aromatic nitrogens is 2. The predicted octanol–water partition coefficient (Wildman–Crippen LogP) is 2.26. The van der Waals surface area contributed by atoms with Gasteiger partial charge in [0.25, 0.3) is 0 Å². The maximum absolute atomic E-state index is 13.6. The Morgan fingerprint density at radius 2 is 2.08 bits per heavy atom. The van der Waals surface area contributed by atoms with Crippen LogP contribution in [0.5, 0.6) is 5.75 Å². The van der Waals surface area contributed by atoms with Gasteiger partial charge in [-0.2, -0.15) is 10.4 Å². The first-order chi connectivity index (χ1) is 18.0. The number of aliphatic hydroxyl groups is 1. The zero-order chi connectivity index (χ0) is 25.9. The number of carbonyl (C=O) groups excluding carboxylic acids is 2. The molecule has 37 heavy (non-hydrogen) atoms. The zero-order valence-electron chi connectivity index (χ0n) is 19.8. The Morgan fingerprint density at radius 3 is 2.81 bits per heavy atom. The number of nitriles is 1. The quantitative estimate of drug-likeness (QED) is 0.295. The van der Waals surface area contributed by atoms with Gasteiger partial charge in [-0.05, 0) is 41.5 Å². The van der Waals surface area contributed by atoms with E-state index in [0.29, 0.717) is 22.8 Å². The number of carbonyl (C=O) groups is 2. The fraction of sp³-hybridized carbons (Fsp3) is 0.214. The number of amides is 1. The number of allylic oxidation sites excluding steroid dienone is 8. The third-order valence-electron chi connectivity index (χ3n) is 6.43. The summed E-state index contributed by atoms with van der Waals surface area (Å²) >= 11 is 1.50. The van der Waals surface area contributed by atoms with E-state index in [2.05, 4.69) is 16.5 Å². The van der Waals surface area contributed by atoms with Gasteiger partial charge in [0.15, 0.2) is 5.92 Å². The molecule has 9 heteroatoms. The van der Waals surface area contributed by atoms with Crippen LogP contribution in [0.1, 0.15) is 40.5 Å². The second-order valence-corrected chi connectivity index (χ2v) is 9.69. The molecule has 3 N–H and O–H groups in total. The number of thioether (sulfide) groups is 1. The van der Waals surface area contributed by atoms with Gasteiger partial charge >= 0.3 is 0 Å². The molecule has 0 saturated carbocycles. The van der Waals surface area contributed by atoms with Gasteiger partial charge in [0.05, 0.1) is 24.1 Å². The topological polar surface area (TPSA) is 128 Å². The monoisotopic (exact) mass is 512 g/mol. The molecule has 2 aromatic rings. The molecule has 0 bridgehead atoms. The molecule has 2 aliphatic carbocycles. The number of Topliss-reactive ketones (excluding diaryl/α,β-unsaturated/α-hetero) is 1. The SMILES string of the molecule is N#CC(C(=O)NCc1ccc(CO)c(O)c1)C(=O)c1nn(C2C=CCC=C2)c2c1=CSC1=CC=CCC=21. The number of aliphatic hydroxyl groups excluding tert-OH is 1. The largest absolute Gasteiger partial charge is 0.508 e. The molecule has 1 unspecified atom stereocenters. The van der Waals surface area contributed by atoms with Crippen molar-refractivity contribution in [1.29, 1.82) is 5.26 Å². The van der Waals surface area contributed by atoms with E-state index in [9.17, 15) is 25.1 Å². The lowest BCUT2D eigenvalue weighted by Gasteiger charge is -2.18. The first kappa shape index (κ1) is 24.6. The summed E-state index contributed by atoms with van der Waals surface area (Å²) in [4.78, 5) is 27.6. The number of nitrogens with one attached hydrogen (secondary N) is 1. The molecule has 0 fully saturated rings. The number of hydrogen-bond donors (Lipinski definition) is 3. The highest BCUT2D eigenvalue weighted by Crippen LogP contribution is 2.33. The summed E-state index contributed by atoms with van der Waals surface area (Å²) in [6.45, 7) is -0.303. The molecule has 0 radical (unpaired) electrons. The minimum absolute atomic E-state index is 0.00810. The summed E-state index contributed by atoms with van der Waals surface area (Å²) in [6, 6.07) is 6.28. The van der Waals surface area contributed by atoms with Crippen LogP contribution in [0.25, 0.3) is 11.0 Å². The maximum atomic E-state index is 13.6. The van der Waals surface area contributed by atoms with E-state index < -0.39 is 17.6 Å².